The zero-order valence-corrected chi connectivity index (χ0v) is 30.6. The number of benzene rings is 1. The molecule has 1 heterocycles. The Hall–Kier alpha value is 0.830. The maximum absolute atomic E-state index is 12.0. The van der Waals surface area contributed by atoms with E-state index in [9.17, 15) is 19.2 Å². The third-order valence-corrected chi connectivity index (χ3v) is 4.55. The minimum atomic E-state index is -0.586. The van der Waals surface area contributed by atoms with Crippen molar-refractivity contribution in [2.24, 2.45) is 5.92 Å². The van der Waals surface area contributed by atoms with Crippen LogP contribution in [0.4, 0.5) is 5.69 Å². The standard InChI is InChI=1S/C23H33N3O6.2Rb/c1-17(2)16-32-12-3-11-31-13-9-24-20(27)15-21(28)25-19-6-4-18(5-7-19)14-23(30)26-10-8-22(26)29;;/h4-7,17H,3,8-16H2,1-2H3,(H2,24,25,27,28);;/q;2*+1/p-2. The van der Waals surface area contributed by atoms with E-state index in [-0.39, 0.29) is 141 Å². The Morgan fingerprint density at radius 3 is 2.26 bits per heavy atom. The van der Waals surface area contributed by atoms with Gasteiger partial charge in [-0.25, -0.2) is 0 Å². The molecule has 0 unspecified atom stereocenters. The van der Waals surface area contributed by atoms with Gasteiger partial charge in [-0.05, 0) is 17.9 Å². The number of rotatable bonds is 14. The van der Waals surface area contributed by atoms with Gasteiger partial charge in [0.1, 0.15) is 0 Å². The Labute approximate surface area is 299 Å². The molecule has 0 atom stereocenters. The van der Waals surface area contributed by atoms with E-state index in [4.69, 9.17) is 9.47 Å². The van der Waals surface area contributed by atoms with E-state index in [1.165, 1.54) is 4.90 Å². The van der Waals surface area contributed by atoms with Crippen LogP contribution in [-0.4, -0.2) is 68.0 Å². The molecule has 0 saturated carbocycles. The molecule has 0 radical (unpaired) electrons. The van der Waals surface area contributed by atoms with E-state index in [0.717, 1.165) is 18.6 Å². The molecule has 0 aliphatic carbocycles. The van der Waals surface area contributed by atoms with E-state index in [1.807, 2.05) is 0 Å². The summed E-state index contributed by atoms with van der Waals surface area (Å²) in [6, 6.07) is 6.54. The Morgan fingerprint density at radius 2 is 1.68 bits per heavy atom. The number of hydrogen-bond acceptors (Lipinski definition) is 6. The number of ether oxygens (including phenoxy) is 2. The van der Waals surface area contributed by atoms with Gasteiger partial charge in [0.15, 0.2) is 0 Å². The minimum Gasteiger partial charge on any atom is -0.651 e. The second-order valence-corrected chi connectivity index (χ2v) is 7.92. The quantitative estimate of drug-likeness (QED) is 0.124. The van der Waals surface area contributed by atoms with Crippen LogP contribution in [0.1, 0.15) is 38.7 Å². The van der Waals surface area contributed by atoms with Crippen molar-refractivity contribution in [1.82, 2.24) is 4.90 Å². The smallest absolute Gasteiger partial charge is 0.651 e. The number of imide groups is 1. The van der Waals surface area contributed by atoms with E-state index in [2.05, 4.69) is 24.5 Å². The first kappa shape index (κ1) is 34.8. The third-order valence-electron chi connectivity index (χ3n) is 4.55. The van der Waals surface area contributed by atoms with Gasteiger partial charge in [0, 0.05) is 45.8 Å². The van der Waals surface area contributed by atoms with Gasteiger partial charge >= 0.3 is 116 Å². The van der Waals surface area contributed by atoms with Crippen LogP contribution in [0.5, 0.6) is 0 Å². The molecule has 34 heavy (non-hydrogen) atoms. The summed E-state index contributed by atoms with van der Waals surface area (Å²) >= 11 is 0. The molecule has 1 fully saturated rings. The molecule has 1 aromatic carbocycles. The molecular formula is C23H31N3O6Rb2. The molecule has 1 aliphatic heterocycles. The monoisotopic (exact) mass is 615 g/mol. The zero-order chi connectivity index (χ0) is 23.3. The van der Waals surface area contributed by atoms with Crippen molar-refractivity contribution in [3.8, 4) is 0 Å². The average molecular weight is 616 g/mol. The van der Waals surface area contributed by atoms with Crippen LogP contribution >= 0.6 is 0 Å². The molecule has 0 bridgehead atoms. The van der Waals surface area contributed by atoms with Gasteiger partial charge in [-0.2, -0.15) is 0 Å². The van der Waals surface area contributed by atoms with Crippen molar-refractivity contribution in [2.75, 3.05) is 39.5 Å². The van der Waals surface area contributed by atoms with Gasteiger partial charge in [-0.3, -0.25) is 14.5 Å². The summed E-state index contributed by atoms with van der Waals surface area (Å²) in [5.74, 6) is -1.01. The molecule has 176 valence electrons. The molecule has 9 nitrogen and oxygen atoms in total. The van der Waals surface area contributed by atoms with Gasteiger partial charge in [0.25, 0.3) is 0 Å². The first-order valence-electron chi connectivity index (χ1n) is 10.9. The summed E-state index contributed by atoms with van der Waals surface area (Å²) in [5, 5.41) is 7.68. The fourth-order valence-corrected chi connectivity index (χ4v) is 2.82. The first-order chi connectivity index (χ1) is 15.3. The van der Waals surface area contributed by atoms with Crippen LogP contribution in [0, 0.1) is 5.92 Å². The maximum atomic E-state index is 12.0. The Bertz CT molecular complexity index is 789. The van der Waals surface area contributed by atoms with Crippen LogP contribution in [0.15, 0.2) is 24.3 Å². The van der Waals surface area contributed by atoms with Crippen molar-refractivity contribution in [1.29, 1.82) is 0 Å². The molecule has 2 rings (SSSR count). The number of nitrogens with zero attached hydrogens (tertiary/aromatic N) is 3. The van der Waals surface area contributed by atoms with Crippen LogP contribution in [-0.2, 0) is 35.1 Å². The predicted octanol–water partition coefficient (Wildman–Crippen LogP) is -3.10. The fourth-order valence-electron chi connectivity index (χ4n) is 2.82. The molecule has 1 aromatic rings. The van der Waals surface area contributed by atoms with Crippen molar-refractivity contribution in [3.05, 3.63) is 40.5 Å². The van der Waals surface area contributed by atoms with Gasteiger partial charge in [-0.15, -0.1) is 12.2 Å². The number of hydrogen-bond donors (Lipinski definition) is 0. The fraction of sp³-hybridized carbons (Fsp3) is 0.565. The summed E-state index contributed by atoms with van der Waals surface area (Å²) in [7, 11) is 0. The number of β-lactam (4-membered cyclic amide) rings is 1. The molecule has 1 saturated heterocycles. The van der Waals surface area contributed by atoms with E-state index in [1.54, 1.807) is 24.3 Å². The van der Waals surface area contributed by atoms with E-state index < -0.39 is 18.2 Å². The number of carbonyl (C=O) groups is 4. The summed E-state index contributed by atoms with van der Waals surface area (Å²) in [6.07, 6.45) is 0.907. The largest absolute Gasteiger partial charge is 1.00 e. The summed E-state index contributed by atoms with van der Waals surface area (Å²) in [6.45, 7) is 7.06. The summed E-state index contributed by atoms with van der Waals surface area (Å²) in [5.41, 5.74) is 1.11. The molecule has 4 amide bonds. The molecule has 11 heteroatoms. The van der Waals surface area contributed by atoms with Crippen LogP contribution in [0.25, 0.3) is 10.6 Å². The second kappa shape index (κ2) is 19.9. The molecule has 0 aromatic heterocycles. The van der Waals surface area contributed by atoms with Gasteiger partial charge < -0.3 is 29.7 Å². The third kappa shape index (κ3) is 14.5. The summed E-state index contributed by atoms with van der Waals surface area (Å²) in [4.78, 5) is 48.2. The molecule has 0 N–H and O–H groups in total. The zero-order valence-electron chi connectivity index (χ0n) is 20.7. The minimum absolute atomic E-state index is 0. The van der Waals surface area contributed by atoms with E-state index >= 15 is 0 Å². The van der Waals surface area contributed by atoms with Crippen LogP contribution in [0.2, 0.25) is 0 Å². The molecular weight excluding hydrogens is 585 g/mol. The van der Waals surface area contributed by atoms with Crippen molar-refractivity contribution in [3.63, 3.8) is 0 Å². The Morgan fingerprint density at radius 1 is 1.00 bits per heavy atom. The molecule has 0 spiro atoms. The average Bonchev–Trinajstić information content (AvgIpc) is 2.72. The number of likely N-dealkylation sites (tertiary alicyclic amines) is 1. The first-order valence-corrected chi connectivity index (χ1v) is 10.9. The number of amides is 4. The Balaban J connectivity index is 0.00000544. The van der Waals surface area contributed by atoms with Crippen molar-refractivity contribution < 1.29 is 145 Å². The van der Waals surface area contributed by atoms with E-state index in [0.29, 0.717) is 44.4 Å². The maximum Gasteiger partial charge on any atom is 1.00 e. The van der Waals surface area contributed by atoms with Gasteiger partial charge in [-0.1, -0.05) is 38.1 Å². The topological polar surface area (TPSA) is 118 Å². The predicted molar refractivity (Wildman–Crippen MR) is 118 cm³/mol. The Kier molecular flexibility index (Phi) is 20.4. The normalized spacial score (nSPS) is 12.3. The van der Waals surface area contributed by atoms with Gasteiger partial charge in [0.05, 0.1) is 18.2 Å². The van der Waals surface area contributed by atoms with Gasteiger partial charge in [0.2, 0.25) is 11.8 Å². The number of carbonyl (C=O) groups excluding carboxylic acids is 4. The van der Waals surface area contributed by atoms with Crippen LogP contribution in [0.3, 0.4) is 0 Å². The van der Waals surface area contributed by atoms with Crippen molar-refractivity contribution in [2.45, 2.75) is 39.5 Å². The molecule has 1 aliphatic rings. The van der Waals surface area contributed by atoms with Crippen LogP contribution < -0.4 is 116 Å². The summed E-state index contributed by atoms with van der Waals surface area (Å²) < 4.78 is 10.8. The van der Waals surface area contributed by atoms with Crippen molar-refractivity contribution >= 4 is 29.3 Å². The second-order valence-electron chi connectivity index (χ2n) is 7.92. The SMILES string of the molecule is CC(C)COCCCOCC[N-]C(=O)CC(=O)[N-]c1ccc(CC(=O)N2CCC2=O)cc1.[Rb+].[Rb+].